The SMILES string of the molecule is CNC(=S)Nc1cc(NC(C)=O)ccc1OC. The minimum absolute atomic E-state index is 0.127. The Morgan fingerprint density at radius 2 is 2.06 bits per heavy atom. The second kappa shape index (κ2) is 6.05. The predicted octanol–water partition coefficient (Wildman–Crippen LogP) is 1.57. The van der Waals surface area contributed by atoms with Crippen LogP contribution < -0.4 is 20.7 Å². The third kappa shape index (κ3) is 3.92. The molecule has 0 spiro atoms. The van der Waals surface area contributed by atoms with E-state index in [9.17, 15) is 4.79 Å². The van der Waals surface area contributed by atoms with E-state index in [0.717, 1.165) is 0 Å². The maximum absolute atomic E-state index is 11.0. The van der Waals surface area contributed by atoms with Gasteiger partial charge >= 0.3 is 0 Å². The van der Waals surface area contributed by atoms with Gasteiger partial charge in [0, 0.05) is 19.7 Å². The highest BCUT2D eigenvalue weighted by atomic mass is 32.1. The number of rotatable bonds is 3. The fourth-order valence-electron chi connectivity index (χ4n) is 1.27. The molecule has 6 heteroatoms. The molecule has 1 amide bonds. The fourth-order valence-corrected chi connectivity index (χ4v) is 1.38. The van der Waals surface area contributed by atoms with Crippen LogP contribution in [0.15, 0.2) is 18.2 Å². The maximum Gasteiger partial charge on any atom is 0.221 e. The van der Waals surface area contributed by atoms with Gasteiger partial charge in [0.15, 0.2) is 5.11 Å². The van der Waals surface area contributed by atoms with Crippen LogP contribution >= 0.6 is 12.2 Å². The third-order valence-corrected chi connectivity index (χ3v) is 2.30. The van der Waals surface area contributed by atoms with Gasteiger partial charge in [-0.15, -0.1) is 0 Å². The van der Waals surface area contributed by atoms with Crippen LogP contribution in [0.1, 0.15) is 6.92 Å². The lowest BCUT2D eigenvalue weighted by Gasteiger charge is -2.13. The van der Waals surface area contributed by atoms with Crippen LogP contribution in [0.3, 0.4) is 0 Å². The van der Waals surface area contributed by atoms with Crippen LogP contribution in [0.4, 0.5) is 11.4 Å². The summed E-state index contributed by atoms with van der Waals surface area (Å²) >= 11 is 5.01. The van der Waals surface area contributed by atoms with Gasteiger partial charge in [0.05, 0.1) is 12.8 Å². The van der Waals surface area contributed by atoms with Crippen molar-refractivity contribution in [1.29, 1.82) is 0 Å². The van der Waals surface area contributed by atoms with Gasteiger partial charge in [-0.05, 0) is 30.4 Å². The molecule has 3 N–H and O–H groups in total. The van der Waals surface area contributed by atoms with Gasteiger partial charge in [0.1, 0.15) is 5.75 Å². The zero-order valence-electron chi connectivity index (χ0n) is 9.96. The van der Waals surface area contributed by atoms with E-state index in [0.29, 0.717) is 22.2 Å². The molecular weight excluding hydrogens is 238 g/mol. The summed E-state index contributed by atoms with van der Waals surface area (Å²) in [6.45, 7) is 1.45. The molecule has 1 aromatic carbocycles. The number of thiocarbonyl (C=S) groups is 1. The number of ether oxygens (including phenoxy) is 1. The fraction of sp³-hybridized carbons (Fsp3) is 0.273. The van der Waals surface area contributed by atoms with Gasteiger partial charge in [-0.2, -0.15) is 0 Å². The van der Waals surface area contributed by atoms with Crippen molar-refractivity contribution in [1.82, 2.24) is 5.32 Å². The van der Waals surface area contributed by atoms with Gasteiger partial charge in [-0.3, -0.25) is 4.79 Å². The van der Waals surface area contributed by atoms with Gasteiger partial charge in [0.2, 0.25) is 5.91 Å². The van der Waals surface area contributed by atoms with E-state index in [1.807, 2.05) is 0 Å². The number of hydrogen-bond donors (Lipinski definition) is 3. The van der Waals surface area contributed by atoms with Crippen molar-refractivity contribution < 1.29 is 9.53 Å². The zero-order valence-corrected chi connectivity index (χ0v) is 10.8. The Balaban J connectivity index is 2.97. The molecule has 0 aliphatic heterocycles. The summed E-state index contributed by atoms with van der Waals surface area (Å²) < 4.78 is 5.19. The minimum atomic E-state index is -0.127. The standard InChI is InChI=1S/C11H15N3O2S/c1-7(15)13-8-4-5-10(16-3)9(6-8)14-11(17)12-2/h4-6H,1-3H3,(H,13,15)(H2,12,14,17). The summed E-state index contributed by atoms with van der Waals surface area (Å²) in [5, 5.41) is 8.94. The van der Waals surface area contributed by atoms with E-state index in [1.165, 1.54) is 6.92 Å². The summed E-state index contributed by atoms with van der Waals surface area (Å²) in [4.78, 5) is 11.0. The Hall–Kier alpha value is -1.82. The van der Waals surface area contributed by atoms with Crippen molar-refractivity contribution in [2.45, 2.75) is 6.92 Å². The monoisotopic (exact) mass is 253 g/mol. The molecule has 0 heterocycles. The molecule has 0 fully saturated rings. The smallest absolute Gasteiger partial charge is 0.221 e. The molecule has 0 unspecified atom stereocenters. The third-order valence-electron chi connectivity index (χ3n) is 2.00. The van der Waals surface area contributed by atoms with Crippen LogP contribution in [0, 0.1) is 0 Å². The summed E-state index contributed by atoms with van der Waals surface area (Å²) in [5.41, 5.74) is 1.37. The Labute approximate surface area is 106 Å². The predicted molar refractivity (Wildman–Crippen MR) is 72.6 cm³/mol. The average Bonchev–Trinajstić information content (AvgIpc) is 2.28. The van der Waals surface area contributed by atoms with E-state index in [2.05, 4.69) is 16.0 Å². The van der Waals surface area contributed by atoms with Crippen molar-refractivity contribution in [2.75, 3.05) is 24.8 Å². The molecule has 0 saturated heterocycles. The van der Waals surface area contributed by atoms with Crippen molar-refractivity contribution in [3.8, 4) is 5.75 Å². The van der Waals surface area contributed by atoms with E-state index in [4.69, 9.17) is 17.0 Å². The number of hydrogen-bond acceptors (Lipinski definition) is 3. The van der Waals surface area contributed by atoms with Crippen molar-refractivity contribution in [2.24, 2.45) is 0 Å². The summed E-state index contributed by atoms with van der Waals surface area (Å²) in [6, 6.07) is 5.27. The molecule has 5 nitrogen and oxygen atoms in total. The molecule has 0 aliphatic carbocycles. The van der Waals surface area contributed by atoms with Crippen LogP contribution in [0.2, 0.25) is 0 Å². The Kier molecular flexibility index (Phi) is 4.71. The normalized spacial score (nSPS) is 9.35. The van der Waals surface area contributed by atoms with E-state index >= 15 is 0 Å². The number of nitrogens with one attached hydrogen (secondary N) is 3. The van der Waals surface area contributed by atoms with Crippen LogP contribution in [-0.2, 0) is 4.79 Å². The number of anilines is 2. The van der Waals surface area contributed by atoms with Crippen molar-refractivity contribution in [3.05, 3.63) is 18.2 Å². The van der Waals surface area contributed by atoms with Crippen LogP contribution in [0.5, 0.6) is 5.75 Å². The van der Waals surface area contributed by atoms with E-state index in [-0.39, 0.29) is 5.91 Å². The maximum atomic E-state index is 11.0. The Bertz CT molecular complexity index is 435. The first-order valence-corrected chi connectivity index (χ1v) is 5.42. The first kappa shape index (κ1) is 13.2. The van der Waals surface area contributed by atoms with Gasteiger partial charge < -0.3 is 20.7 Å². The Morgan fingerprint density at radius 1 is 1.35 bits per heavy atom. The molecule has 0 aliphatic rings. The second-order valence-electron chi connectivity index (χ2n) is 3.30. The van der Waals surface area contributed by atoms with Crippen molar-refractivity contribution in [3.63, 3.8) is 0 Å². The number of benzene rings is 1. The average molecular weight is 253 g/mol. The molecule has 1 rings (SSSR count). The Morgan fingerprint density at radius 3 is 2.59 bits per heavy atom. The molecule has 0 radical (unpaired) electrons. The number of methoxy groups -OCH3 is 1. The lowest BCUT2D eigenvalue weighted by Crippen LogP contribution is -2.24. The highest BCUT2D eigenvalue weighted by molar-refractivity contribution is 7.80. The number of carbonyl (C=O) groups is 1. The molecular formula is C11H15N3O2S. The molecule has 0 saturated carbocycles. The summed E-state index contributed by atoms with van der Waals surface area (Å²) in [5.74, 6) is 0.522. The molecule has 92 valence electrons. The largest absolute Gasteiger partial charge is 0.495 e. The van der Waals surface area contributed by atoms with Gasteiger partial charge in [-0.25, -0.2) is 0 Å². The second-order valence-corrected chi connectivity index (χ2v) is 3.71. The van der Waals surface area contributed by atoms with E-state index < -0.39 is 0 Å². The lowest BCUT2D eigenvalue weighted by molar-refractivity contribution is -0.114. The van der Waals surface area contributed by atoms with Crippen LogP contribution in [0.25, 0.3) is 0 Å². The lowest BCUT2D eigenvalue weighted by atomic mass is 10.2. The molecule has 0 atom stereocenters. The molecule has 17 heavy (non-hydrogen) atoms. The van der Waals surface area contributed by atoms with Crippen molar-refractivity contribution >= 4 is 34.6 Å². The van der Waals surface area contributed by atoms with Crippen LogP contribution in [-0.4, -0.2) is 25.2 Å². The topological polar surface area (TPSA) is 62.4 Å². The first-order chi connectivity index (χ1) is 8.06. The van der Waals surface area contributed by atoms with Gasteiger partial charge in [-0.1, -0.05) is 0 Å². The molecule has 0 aromatic heterocycles. The molecule has 0 bridgehead atoms. The number of carbonyl (C=O) groups excluding carboxylic acids is 1. The minimum Gasteiger partial charge on any atom is -0.495 e. The highest BCUT2D eigenvalue weighted by Crippen LogP contribution is 2.27. The quantitative estimate of drug-likeness (QED) is 0.714. The first-order valence-electron chi connectivity index (χ1n) is 5.01. The summed E-state index contributed by atoms with van der Waals surface area (Å²) in [7, 11) is 3.29. The summed E-state index contributed by atoms with van der Waals surface area (Å²) in [6.07, 6.45) is 0. The molecule has 1 aromatic rings. The van der Waals surface area contributed by atoms with E-state index in [1.54, 1.807) is 32.4 Å². The van der Waals surface area contributed by atoms with Gasteiger partial charge in [0.25, 0.3) is 0 Å². The highest BCUT2D eigenvalue weighted by Gasteiger charge is 2.06. The zero-order chi connectivity index (χ0) is 12.8. The number of amides is 1.